The molecule has 2 N–H and O–H groups in total. The van der Waals surface area contributed by atoms with Gasteiger partial charge in [-0.05, 0) is 38.5 Å². The summed E-state index contributed by atoms with van der Waals surface area (Å²) < 4.78 is 5.42. The smallest absolute Gasteiger partial charge is 0.238 e. The normalized spacial score (nSPS) is 36.5. The van der Waals surface area contributed by atoms with Crippen molar-refractivity contribution < 1.29 is 14.3 Å². The van der Waals surface area contributed by atoms with Gasteiger partial charge in [0.15, 0.2) is 0 Å². The van der Waals surface area contributed by atoms with Gasteiger partial charge in [0.05, 0.1) is 6.10 Å². The van der Waals surface area contributed by atoms with Crippen LogP contribution >= 0.6 is 0 Å². The Labute approximate surface area is 107 Å². The van der Waals surface area contributed by atoms with Crippen LogP contribution in [0.2, 0.25) is 0 Å². The molecule has 0 aromatic heterocycles. The van der Waals surface area contributed by atoms with Crippen molar-refractivity contribution in [3.63, 3.8) is 0 Å². The molecule has 1 aliphatic carbocycles. The summed E-state index contributed by atoms with van der Waals surface area (Å²) in [4.78, 5) is 26.0. The lowest BCUT2D eigenvalue weighted by Gasteiger charge is -2.39. The number of carbonyl (C=O) groups is 2. The van der Waals surface area contributed by atoms with Crippen LogP contribution in [0.3, 0.4) is 0 Å². The number of hydrogen-bond donors (Lipinski definition) is 1. The molecule has 3 fully saturated rings. The standard InChI is InChI=1S/C13H20N2O3/c1-18-10-6-8-2-3-9(7-10)15(8)12(17)13(4-5-13)11(14)16/h8-10H,2-7H2,1H3,(H2,14,16)/t8-,9+,10-. The average molecular weight is 252 g/mol. The molecule has 2 saturated heterocycles. The Hall–Kier alpha value is -1.10. The van der Waals surface area contributed by atoms with Crippen molar-refractivity contribution in [3.8, 4) is 0 Å². The summed E-state index contributed by atoms with van der Waals surface area (Å²) in [6, 6.07) is 0.496. The fourth-order valence-electron chi connectivity index (χ4n) is 3.59. The van der Waals surface area contributed by atoms with Crippen molar-refractivity contribution in [2.75, 3.05) is 7.11 Å². The molecule has 2 amide bonds. The second kappa shape index (κ2) is 3.95. The van der Waals surface area contributed by atoms with E-state index in [1.54, 1.807) is 7.11 Å². The first-order valence-corrected chi connectivity index (χ1v) is 6.74. The predicted octanol–water partition coefficient (Wildman–Crippen LogP) is 0.420. The molecule has 2 heterocycles. The van der Waals surface area contributed by atoms with Gasteiger partial charge in [0, 0.05) is 19.2 Å². The van der Waals surface area contributed by atoms with Crippen LogP contribution in [-0.2, 0) is 14.3 Å². The minimum absolute atomic E-state index is 0.0166. The van der Waals surface area contributed by atoms with Gasteiger partial charge in [-0.2, -0.15) is 0 Å². The van der Waals surface area contributed by atoms with Crippen molar-refractivity contribution in [1.29, 1.82) is 0 Å². The van der Waals surface area contributed by atoms with E-state index in [0.717, 1.165) is 25.7 Å². The van der Waals surface area contributed by atoms with Gasteiger partial charge in [-0.1, -0.05) is 0 Å². The second-order valence-corrected chi connectivity index (χ2v) is 5.87. The lowest BCUT2D eigenvalue weighted by Crippen LogP contribution is -2.53. The summed E-state index contributed by atoms with van der Waals surface area (Å²) >= 11 is 0. The highest BCUT2D eigenvalue weighted by molar-refractivity contribution is 6.07. The molecule has 2 aliphatic heterocycles. The number of carbonyl (C=O) groups excluding carboxylic acids is 2. The molecule has 3 atom stereocenters. The van der Waals surface area contributed by atoms with E-state index in [9.17, 15) is 9.59 Å². The highest BCUT2D eigenvalue weighted by atomic mass is 16.5. The van der Waals surface area contributed by atoms with Crippen LogP contribution in [-0.4, -0.2) is 42.0 Å². The molecule has 3 aliphatic rings. The number of amides is 2. The number of methoxy groups -OCH3 is 1. The number of fused-ring (bicyclic) bond motifs is 2. The van der Waals surface area contributed by atoms with Crippen LogP contribution in [0, 0.1) is 5.41 Å². The largest absolute Gasteiger partial charge is 0.381 e. The van der Waals surface area contributed by atoms with Crippen LogP contribution in [0.1, 0.15) is 38.5 Å². The molecule has 100 valence electrons. The van der Waals surface area contributed by atoms with Gasteiger partial charge in [0.25, 0.3) is 0 Å². The van der Waals surface area contributed by atoms with Crippen molar-refractivity contribution in [2.24, 2.45) is 11.1 Å². The highest BCUT2D eigenvalue weighted by Crippen LogP contribution is 2.50. The van der Waals surface area contributed by atoms with Gasteiger partial charge in [-0.15, -0.1) is 0 Å². The maximum Gasteiger partial charge on any atom is 0.238 e. The Bertz CT molecular complexity index is 378. The monoisotopic (exact) mass is 252 g/mol. The van der Waals surface area contributed by atoms with Gasteiger partial charge in [-0.25, -0.2) is 0 Å². The molecule has 0 radical (unpaired) electrons. The van der Waals surface area contributed by atoms with E-state index in [1.165, 1.54) is 0 Å². The Morgan fingerprint density at radius 2 is 1.78 bits per heavy atom. The topological polar surface area (TPSA) is 72.6 Å². The highest BCUT2D eigenvalue weighted by Gasteiger charge is 2.60. The molecular weight excluding hydrogens is 232 g/mol. The Kier molecular flexibility index (Phi) is 2.62. The van der Waals surface area contributed by atoms with E-state index in [2.05, 4.69) is 0 Å². The number of primary amides is 1. The van der Waals surface area contributed by atoms with E-state index in [4.69, 9.17) is 10.5 Å². The van der Waals surface area contributed by atoms with E-state index in [1.807, 2.05) is 4.90 Å². The summed E-state index contributed by atoms with van der Waals surface area (Å²) in [5.74, 6) is -0.460. The van der Waals surface area contributed by atoms with Crippen LogP contribution < -0.4 is 5.73 Å². The molecule has 0 unspecified atom stereocenters. The molecule has 0 aromatic carbocycles. The van der Waals surface area contributed by atoms with Gasteiger partial charge >= 0.3 is 0 Å². The molecule has 0 aromatic rings. The Morgan fingerprint density at radius 3 is 2.17 bits per heavy atom. The third kappa shape index (κ3) is 1.56. The van der Waals surface area contributed by atoms with Crippen LogP contribution in [0.4, 0.5) is 0 Å². The van der Waals surface area contributed by atoms with Crippen molar-refractivity contribution >= 4 is 11.8 Å². The molecule has 5 nitrogen and oxygen atoms in total. The quantitative estimate of drug-likeness (QED) is 0.740. The van der Waals surface area contributed by atoms with Crippen molar-refractivity contribution in [2.45, 2.75) is 56.7 Å². The fourth-order valence-corrected chi connectivity index (χ4v) is 3.59. The first kappa shape index (κ1) is 12.0. The fraction of sp³-hybridized carbons (Fsp3) is 0.846. The second-order valence-electron chi connectivity index (χ2n) is 5.87. The number of hydrogen-bond acceptors (Lipinski definition) is 3. The van der Waals surface area contributed by atoms with Crippen LogP contribution in [0.15, 0.2) is 0 Å². The lowest BCUT2D eigenvalue weighted by molar-refractivity contribution is -0.148. The number of rotatable bonds is 3. The van der Waals surface area contributed by atoms with E-state index < -0.39 is 11.3 Å². The minimum Gasteiger partial charge on any atom is -0.381 e. The zero-order valence-electron chi connectivity index (χ0n) is 10.7. The summed E-state index contributed by atoms with van der Waals surface area (Å²) in [7, 11) is 1.73. The maximum atomic E-state index is 12.6. The molecule has 18 heavy (non-hydrogen) atoms. The SMILES string of the molecule is CO[C@@H]1C[C@H]2CC[C@@H](C1)N2C(=O)C1(C(N)=O)CC1. The Balaban J connectivity index is 1.78. The third-order valence-electron chi connectivity index (χ3n) is 4.89. The van der Waals surface area contributed by atoms with Crippen LogP contribution in [0.5, 0.6) is 0 Å². The number of nitrogens with zero attached hydrogens (tertiary/aromatic N) is 1. The van der Waals surface area contributed by atoms with E-state index in [-0.39, 0.29) is 24.1 Å². The molecule has 3 rings (SSSR count). The summed E-state index contributed by atoms with van der Waals surface area (Å²) in [5.41, 5.74) is 4.53. The van der Waals surface area contributed by atoms with E-state index >= 15 is 0 Å². The predicted molar refractivity (Wildman–Crippen MR) is 64.5 cm³/mol. The molecule has 5 heteroatoms. The maximum absolute atomic E-state index is 12.6. The molecule has 1 saturated carbocycles. The van der Waals surface area contributed by atoms with Gasteiger partial charge in [0.2, 0.25) is 11.8 Å². The minimum atomic E-state index is -0.860. The zero-order chi connectivity index (χ0) is 12.9. The summed E-state index contributed by atoms with van der Waals surface area (Å²) in [6.45, 7) is 0. The molecule has 0 spiro atoms. The summed E-state index contributed by atoms with van der Waals surface area (Å²) in [5, 5.41) is 0. The first-order chi connectivity index (χ1) is 8.58. The van der Waals surface area contributed by atoms with Crippen molar-refractivity contribution in [1.82, 2.24) is 4.90 Å². The molecule has 2 bridgehead atoms. The number of ether oxygens (including phenoxy) is 1. The number of piperidine rings is 1. The van der Waals surface area contributed by atoms with Gasteiger partial charge in [0.1, 0.15) is 5.41 Å². The Morgan fingerprint density at radius 1 is 1.22 bits per heavy atom. The summed E-state index contributed by atoms with van der Waals surface area (Å²) in [6.07, 6.45) is 5.38. The number of nitrogens with two attached hydrogens (primary N) is 1. The lowest BCUT2D eigenvalue weighted by atomic mass is 9.95. The van der Waals surface area contributed by atoms with Crippen molar-refractivity contribution in [3.05, 3.63) is 0 Å². The van der Waals surface area contributed by atoms with Crippen LogP contribution in [0.25, 0.3) is 0 Å². The van der Waals surface area contributed by atoms with Gasteiger partial charge < -0.3 is 15.4 Å². The van der Waals surface area contributed by atoms with E-state index in [0.29, 0.717) is 12.8 Å². The zero-order valence-corrected chi connectivity index (χ0v) is 10.7. The molecular formula is C13H20N2O3. The third-order valence-corrected chi connectivity index (χ3v) is 4.89. The first-order valence-electron chi connectivity index (χ1n) is 6.74. The average Bonchev–Trinajstić information content (AvgIpc) is 3.11. The van der Waals surface area contributed by atoms with Gasteiger partial charge in [-0.3, -0.25) is 9.59 Å².